The summed E-state index contributed by atoms with van der Waals surface area (Å²) in [6.07, 6.45) is 4.32. The maximum absolute atomic E-state index is 11.9. The Morgan fingerprint density at radius 2 is 2.21 bits per heavy atom. The van der Waals surface area contributed by atoms with Crippen LogP contribution in [0.15, 0.2) is 30.3 Å². The number of nitrogens with two attached hydrogens (primary N) is 1. The van der Waals surface area contributed by atoms with Crippen LogP contribution < -0.4 is 10.5 Å². The van der Waals surface area contributed by atoms with E-state index in [1.807, 2.05) is 37.3 Å². The van der Waals surface area contributed by atoms with Crippen molar-refractivity contribution in [1.82, 2.24) is 4.90 Å². The molecule has 1 heterocycles. The molecule has 1 amide bonds. The quantitative estimate of drug-likeness (QED) is 0.838. The summed E-state index contributed by atoms with van der Waals surface area (Å²) >= 11 is 0. The van der Waals surface area contributed by atoms with Gasteiger partial charge in [-0.15, -0.1) is 0 Å². The fourth-order valence-corrected chi connectivity index (χ4v) is 2.10. The SMILES string of the molecule is CCOc1ccc(/C=C/C(=O)N2CC[C@@H](N)C2)cc1. The molecule has 0 radical (unpaired) electrons. The number of carbonyl (C=O) groups excluding carboxylic acids is 1. The lowest BCUT2D eigenvalue weighted by Crippen LogP contribution is -2.30. The highest BCUT2D eigenvalue weighted by Gasteiger charge is 2.21. The van der Waals surface area contributed by atoms with Crippen LogP contribution in [0.2, 0.25) is 0 Å². The first-order valence-electron chi connectivity index (χ1n) is 6.64. The minimum Gasteiger partial charge on any atom is -0.494 e. The fourth-order valence-electron chi connectivity index (χ4n) is 2.10. The summed E-state index contributed by atoms with van der Waals surface area (Å²) in [4.78, 5) is 13.7. The van der Waals surface area contributed by atoms with Crippen molar-refractivity contribution in [3.8, 4) is 5.75 Å². The van der Waals surface area contributed by atoms with Crippen molar-refractivity contribution >= 4 is 12.0 Å². The van der Waals surface area contributed by atoms with Gasteiger partial charge < -0.3 is 15.4 Å². The molecule has 1 aromatic carbocycles. The molecule has 0 spiro atoms. The third kappa shape index (κ3) is 3.83. The monoisotopic (exact) mass is 260 g/mol. The molecular formula is C15H20N2O2. The van der Waals surface area contributed by atoms with Crippen LogP contribution in [-0.4, -0.2) is 36.5 Å². The van der Waals surface area contributed by atoms with Crippen molar-refractivity contribution in [2.75, 3.05) is 19.7 Å². The van der Waals surface area contributed by atoms with Gasteiger partial charge in [-0.3, -0.25) is 4.79 Å². The van der Waals surface area contributed by atoms with Gasteiger partial charge in [0, 0.05) is 25.2 Å². The molecule has 102 valence electrons. The second-order valence-corrected chi connectivity index (χ2v) is 4.67. The van der Waals surface area contributed by atoms with Crippen LogP contribution in [0, 0.1) is 0 Å². The highest BCUT2D eigenvalue weighted by Crippen LogP contribution is 2.14. The minimum atomic E-state index is 0.0295. The molecule has 2 rings (SSSR count). The molecule has 1 aliphatic rings. The van der Waals surface area contributed by atoms with E-state index in [0.717, 1.165) is 24.3 Å². The standard InChI is InChI=1S/C15H20N2O2/c1-2-19-14-6-3-12(4-7-14)5-8-15(18)17-10-9-13(16)11-17/h3-8,13H,2,9-11,16H2,1H3/b8-5+/t13-/m1/s1. The molecule has 0 unspecified atom stereocenters. The summed E-state index contributed by atoms with van der Waals surface area (Å²) in [6, 6.07) is 7.80. The highest BCUT2D eigenvalue weighted by molar-refractivity contribution is 5.92. The van der Waals surface area contributed by atoms with Crippen LogP contribution in [0.4, 0.5) is 0 Å². The van der Waals surface area contributed by atoms with Gasteiger partial charge in [0.25, 0.3) is 0 Å². The molecule has 4 heteroatoms. The molecule has 4 nitrogen and oxygen atoms in total. The number of likely N-dealkylation sites (tertiary alicyclic amines) is 1. The van der Waals surface area contributed by atoms with E-state index in [9.17, 15) is 4.79 Å². The van der Waals surface area contributed by atoms with E-state index in [4.69, 9.17) is 10.5 Å². The van der Waals surface area contributed by atoms with Gasteiger partial charge in [-0.1, -0.05) is 12.1 Å². The summed E-state index contributed by atoms with van der Waals surface area (Å²) in [6.45, 7) is 4.02. The maximum atomic E-state index is 11.9. The summed E-state index contributed by atoms with van der Waals surface area (Å²) < 4.78 is 5.37. The number of hydrogen-bond acceptors (Lipinski definition) is 3. The van der Waals surface area contributed by atoms with Crippen LogP contribution in [0.3, 0.4) is 0 Å². The smallest absolute Gasteiger partial charge is 0.246 e. The van der Waals surface area contributed by atoms with Gasteiger partial charge in [0.15, 0.2) is 0 Å². The van der Waals surface area contributed by atoms with Crippen LogP contribution in [0.5, 0.6) is 5.75 Å². The van der Waals surface area contributed by atoms with Crippen molar-refractivity contribution in [2.24, 2.45) is 5.73 Å². The Morgan fingerprint density at radius 3 is 2.79 bits per heavy atom. The zero-order valence-corrected chi connectivity index (χ0v) is 11.2. The molecule has 2 N–H and O–H groups in total. The maximum Gasteiger partial charge on any atom is 0.246 e. The molecule has 0 aromatic heterocycles. The zero-order chi connectivity index (χ0) is 13.7. The van der Waals surface area contributed by atoms with E-state index in [-0.39, 0.29) is 11.9 Å². The van der Waals surface area contributed by atoms with Crippen molar-refractivity contribution in [3.63, 3.8) is 0 Å². The van der Waals surface area contributed by atoms with Crippen LogP contribution >= 0.6 is 0 Å². The highest BCUT2D eigenvalue weighted by atomic mass is 16.5. The van der Waals surface area contributed by atoms with E-state index < -0.39 is 0 Å². The lowest BCUT2D eigenvalue weighted by atomic mass is 10.2. The summed E-state index contributed by atoms with van der Waals surface area (Å²) in [5.41, 5.74) is 6.77. The van der Waals surface area contributed by atoms with Crippen molar-refractivity contribution in [3.05, 3.63) is 35.9 Å². The minimum absolute atomic E-state index is 0.0295. The molecule has 0 aliphatic carbocycles. The van der Waals surface area contributed by atoms with Gasteiger partial charge in [-0.05, 0) is 37.1 Å². The molecular weight excluding hydrogens is 240 g/mol. The Bertz CT molecular complexity index is 454. The van der Waals surface area contributed by atoms with E-state index in [0.29, 0.717) is 13.2 Å². The average molecular weight is 260 g/mol. The first kappa shape index (κ1) is 13.6. The average Bonchev–Trinajstić information content (AvgIpc) is 2.85. The van der Waals surface area contributed by atoms with Gasteiger partial charge in [0.1, 0.15) is 5.75 Å². The Balaban J connectivity index is 1.92. The van der Waals surface area contributed by atoms with Crippen LogP contribution in [0.1, 0.15) is 18.9 Å². The number of nitrogens with zero attached hydrogens (tertiary/aromatic N) is 1. The number of ether oxygens (including phenoxy) is 1. The normalized spacial score (nSPS) is 19.1. The predicted octanol–water partition coefficient (Wildman–Crippen LogP) is 1.66. The first-order chi connectivity index (χ1) is 9.19. The molecule has 1 atom stereocenters. The number of amides is 1. The molecule has 1 saturated heterocycles. The van der Waals surface area contributed by atoms with Gasteiger partial charge in [-0.2, -0.15) is 0 Å². The van der Waals surface area contributed by atoms with E-state index in [1.54, 1.807) is 11.0 Å². The molecule has 1 aliphatic heterocycles. The van der Waals surface area contributed by atoms with E-state index in [1.165, 1.54) is 0 Å². The number of benzene rings is 1. The number of rotatable bonds is 4. The van der Waals surface area contributed by atoms with Gasteiger partial charge in [0.2, 0.25) is 5.91 Å². The Morgan fingerprint density at radius 1 is 1.47 bits per heavy atom. The summed E-state index contributed by atoms with van der Waals surface area (Å²) in [5.74, 6) is 0.873. The molecule has 0 saturated carbocycles. The third-order valence-electron chi connectivity index (χ3n) is 3.15. The van der Waals surface area contributed by atoms with E-state index >= 15 is 0 Å². The van der Waals surface area contributed by atoms with Crippen molar-refractivity contribution in [2.45, 2.75) is 19.4 Å². The Labute approximate surface area is 113 Å². The van der Waals surface area contributed by atoms with Crippen LogP contribution in [-0.2, 0) is 4.79 Å². The lowest BCUT2D eigenvalue weighted by molar-refractivity contribution is -0.124. The topological polar surface area (TPSA) is 55.6 Å². The largest absolute Gasteiger partial charge is 0.494 e. The second kappa shape index (κ2) is 6.38. The number of carbonyl (C=O) groups is 1. The molecule has 1 fully saturated rings. The predicted molar refractivity (Wildman–Crippen MR) is 75.8 cm³/mol. The Hall–Kier alpha value is -1.81. The van der Waals surface area contributed by atoms with Gasteiger partial charge in [-0.25, -0.2) is 0 Å². The molecule has 19 heavy (non-hydrogen) atoms. The fraction of sp³-hybridized carbons (Fsp3) is 0.400. The third-order valence-corrected chi connectivity index (χ3v) is 3.15. The summed E-state index contributed by atoms with van der Waals surface area (Å²) in [5, 5.41) is 0. The van der Waals surface area contributed by atoms with Crippen molar-refractivity contribution < 1.29 is 9.53 Å². The first-order valence-corrected chi connectivity index (χ1v) is 6.64. The van der Waals surface area contributed by atoms with Gasteiger partial charge >= 0.3 is 0 Å². The summed E-state index contributed by atoms with van der Waals surface area (Å²) in [7, 11) is 0. The van der Waals surface area contributed by atoms with Gasteiger partial charge in [0.05, 0.1) is 6.61 Å². The zero-order valence-electron chi connectivity index (χ0n) is 11.2. The molecule has 1 aromatic rings. The Kier molecular flexibility index (Phi) is 4.58. The van der Waals surface area contributed by atoms with Crippen molar-refractivity contribution in [1.29, 1.82) is 0 Å². The molecule has 0 bridgehead atoms. The number of hydrogen-bond donors (Lipinski definition) is 1. The second-order valence-electron chi connectivity index (χ2n) is 4.67. The van der Waals surface area contributed by atoms with Crippen LogP contribution in [0.25, 0.3) is 6.08 Å². The van der Waals surface area contributed by atoms with E-state index in [2.05, 4.69) is 0 Å². The lowest BCUT2D eigenvalue weighted by Gasteiger charge is -2.12.